The molecule has 0 aliphatic heterocycles. The molecule has 1 amide bonds. The minimum atomic E-state index is -0.102. The largest absolute Gasteiger partial charge is 0.361 e. The van der Waals surface area contributed by atoms with Crippen LogP contribution in [-0.2, 0) is 0 Å². The number of rotatable bonds is 5. The van der Waals surface area contributed by atoms with Crippen LogP contribution < -0.4 is 10.6 Å². The van der Waals surface area contributed by atoms with Crippen molar-refractivity contribution in [3.05, 3.63) is 40.0 Å². The van der Waals surface area contributed by atoms with E-state index in [-0.39, 0.29) is 11.9 Å². The van der Waals surface area contributed by atoms with Crippen LogP contribution in [0.5, 0.6) is 0 Å². The van der Waals surface area contributed by atoms with Crippen molar-refractivity contribution < 1.29 is 4.79 Å². The maximum atomic E-state index is 11.6. The Labute approximate surface area is 122 Å². The van der Waals surface area contributed by atoms with Crippen LogP contribution in [0.25, 0.3) is 0 Å². The molecular formula is C14H18N4OS. The van der Waals surface area contributed by atoms with Crippen molar-refractivity contribution in [2.24, 2.45) is 0 Å². The average molecular weight is 290 g/mol. The van der Waals surface area contributed by atoms with Crippen LogP contribution in [-0.4, -0.2) is 22.4 Å². The second-order valence-electron chi connectivity index (χ2n) is 4.47. The van der Waals surface area contributed by atoms with Crippen molar-refractivity contribution in [3.63, 3.8) is 0 Å². The van der Waals surface area contributed by atoms with Gasteiger partial charge < -0.3 is 10.6 Å². The third-order valence-electron chi connectivity index (χ3n) is 2.74. The van der Waals surface area contributed by atoms with Crippen LogP contribution in [0.2, 0.25) is 0 Å². The smallest absolute Gasteiger partial charge is 0.252 e. The molecule has 0 saturated heterocycles. The van der Waals surface area contributed by atoms with E-state index >= 15 is 0 Å². The van der Waals surface area contributed by atoms with E-state index in [1.54, 1.807) is 23.6 Å². The molecule has 0 aliphatic carbocycles. The zero-order valence-electron chi connectivity index (χ0n) is 11.8. The first-order valence-corrected chi connectivity index (χ1v) is 7.35. The Kier molecular flexibility index (Phi) is 4.68. The molecule has 2 N–H and O–H groups in total. The zero-order chi connectivity index (χ0) is 14.5. The normalized spacial score (nSPS) is 11.9. The Bertz CT molecular complexity index is 579. The minimum Gasteiger partial charge on any atom is -0.361 e. The summed E-state index contributed by atoms with van der Waals surface area (Å²) in [5.41, 5.74) is 0.565. The quantitative estimate of drug-likeness (QED) is 0.888. The van der Waals surface area contributed by atoms with Crippen molar-refractivity contribution in [1.29, 1.82) is 0 Å². The van der Waals surface area contributed by atoms with Gasteiger partial charge in [0.15, 0.2) is 0 Å². The maximum absolute atomic E-state index is 11.6. The summed E-state index contributed by atoms with van der Waals surface area (Å²) in [5, 5.41) is 7.04. The molecule has 1 unspecified atom stereocenters. The predicted molar refractivity (Wildman–Crippen MR) is 81.1 cm³/mol. The number of hydrogen-bond donors (Lipinski definition) is 2. The fourth-order valence-electron chi connectivity index (χ4n) is 1.73. The number of amides is 1. The number of aromatic nitrogens is 2. The number of pyridine rings is 1. The van der Waals surface area contributed by atoms with Gasteiger partial charge in [-0.15, -0.1) is 11.3 Å². The van der Waals surface area contributed by atoms with Crippen molar-refractivity contribution in [2.75, 3.05) is 11.9 Å². The van der Waals surface area contributed by atoms with Crippen LogP contribution in [0.4, 0.5) is 5.82 Å². The number of carbonyl (C=O) groups is 1. The fraction of sp³-hybridized carbons (Fsp3) is 0.357. The van der Waals surface area contributed by atoms with Crippen molar-refractivity contribution >= 4 is 23.1 Å². The number of thiazole rings is 1. The van der Waals surface area contributed by atoms with Gasteiger partial charge in [-0.1, -0.05) is 0 Å². The Hall–Kier alpha value is -1.95. The van der Waals surface area contributed by atoms with Gasteiger partial charge in [-0.2, -0.15) is 0 Å². The van der Waals surface area contributed by atoms with E-state index in [1.165, 1.54) is 4.88 Å². The standard InChI is InChI=1S/C14H18N4OS/c1-4-15-13(19)11-5-6-12(16-8-11)18-10(3)14-17-7-9(2)20-14/h5-8,10H,4H2,1-3H3,(H,15,19)(H,16,18). The van der Waals surface area contributed by atoms with Gasteiger partial charge in [0.2, 0.25) is 0 Å². The second-order valence-corrected chi connectivity index (χ2v) is 5.73. The lowest BCUT2D eigenvalue weighted by atomic mass is 10.2. The van der Waals surface area contributed by atoms with Gasteiger partial charge >= 0.3 is 0 Å². The molecule has 0 aliphatic rings. The number of aryl methyl sites for hydroxylation is 1. The molecule has 0 fully saturated rings. The molecule has 6 heteroatoms. The topological polar surface area (TPSA) is 66.9 Å². The highest BCUT2D eigenvalue weighted by atomic mass is 32.1. The number of nitrogens with zero attached hydrogens (tertiary/aromatic N) is 2. The van der Waals surface area contributed by atoms with Gasteiger partial charge in [-0.25, -0.2) is 9.97 Å². The number of anilines is 1. The summed E-state index contributed by atoms with van der Waals surface area (Å²) in [6.07, 6.45) is 3.44. The lowest BCUT2D eigenvalue weighted by Gasteiger charge is -2.12. The minimum absolute atomic E-state index is 0.0940. The molecule has 0 spiro atoms. The number of hydrogen-bond acceptors (Lipinski definition) is 5. The molecule has 0 radical (unpaired) electrons. The third kappa shape index (κ3) is 3.54. The molecule has 0 aromatic carbocycles. The van der Waals surface area contributed by atoms with Gasteiger partial charge in [0.25, 0.3) is 5.91 Å². The summed E-state index contributed by atoms with van der Waals surface area (Å²) in [4.78, 5) is 21.4. The summed E-state index contributed by atoms with van der Waals surface area (Å²) in [7, 11) is 0. The van der Waals surface area contributed by atoms with E-state index in [1.807, 2.05) is 33.0 Å². The van der Waals surface area contributed by atoms with Crippen molar-refractivity contribution in [3.8, 4) is 0 Å². The molecular weight excluding hydrogens is 272 g/mol. The first kappa shape index (κ1) is 14.5. The lowest BCUT2D eigenvalue weighted by Crippen LogP contribution is -2.22. The third-order valence-corrected chi connectivity index (χ3v) is 3.83. The summed E-state index contributed by atoms with van der Waals surface area (Å²) < 4.78 is 0. The van der Waals surface area contributed by atoms with Gasteiger partial charge in [0.1, 0.15) is 10.8 Å². The highest BCUT2D eigenvalue weighted by Gasteiger charge is 2.10. The Morgan fingerprint density at radius 3 is 2.70 bits per heavy atom. The van der Waals surface area contributed by atoms with Gasteiger partial charge in [0.05, 0.1) is 11.6 Å². The SMILES string of the molecule is CCNC(=O)c1ccc(NC(C)c2ncc(C)s2)nc1. The van der Waals surface area contributed by atoms with E-state index in [9.17, 15) is 4.79 Å². The van der Waals surface area contributed by atoms with Gasteiger partial charge in [0, 0.05) is 23.8 Å². The Morgan fingerprint density at radius 2 is 2.15 bits per heavy atom. The van der Waals surface area contributed by atoms with Crippen LogP contribution in [0.3, 0.4) is 0 Å². The maximum Gasteiger partial charge on any atom is 0.252 e. The second kappa shape index (κ2) is 6.47. The molecule has 2 heterocycles. The first-order valence-electron chi connectivity index (χ1n) is 6.53. The molecule has 106 valence electrons. The van der Waals surface area contributed by atoms with E-state index in [4.69, 9.17) is 0 Å². The Morgan fingerprint density at radius 1 is 1.35 bits per heavy atom. The van der Waals surface area contributed by atoms with Crippen LogP contribution in [0.15, 0.2) is 24.5 Å². The van der Waals surface area contributed by atoms with Crippen molar-refractivity contribution in [1.82, 2.24) is 15.3 Å². The molecule has 0 bridgehead atoms. The lowest BCUT2D eigenvalue weighted by molar-refractivity contribution is 0.0955. The van der Waals surface area contributed by atoms with Crippen LogP contribution in [0, 0.1) is 6.92 Å². The molecule has 0 saturated carbocycles. The van der Waals surface area contributed by atoms with Crippen LogP contribution in [0.1, 0.15) is 40.1 Å². The summed E-state index contributed by atoms with van der Waals surface area (Å²) in [6.45, 7) is 6.57. The van der Waals surface area contributed by atoms with Gasteiger partial charge in [-0.3, -0.25) is 4.79 Å². The molecule has 2 aromatic rings. The first-order chi connectivity index (χ1) is 9.60. The van der Waals surface area contributed by atoms with E-state index in [0.717, 1.165) is 10.8 Å². The molecule has 5 nitrogen and oxygen atoms in total. The van der Waals surface area contributed by atoms with Crippen LogP contribution >= 0.6 is 11.3 Å². The number of carbonyl (C=O) groups excluding carboxylic acids is 1. The number of nitrogens with one attached hydrogen (secondary N) is 2. The Balaban J connectivity index is 2.01. The zero-order valence-corrected chi connectivity index (χ0v) is 12.6. The fourth-order valence-corrected chi connectivity index (χ4v) is 2.51. The summed E-state index contributed by atoms with van der Waals surface area (Å²) in [5.74, 6) is 0.633. The molecule has 2 aromatic heterocycles. The van der Waals surface area contributed by atoms with E-state index < -0.39 is 0 Å². The van der Waals surface area contributed by atoms with E-state index in [0.29, 0.717) is 12.1 Å². The molecule has 20 heavy (non-hydrogen) atoms. The highest BCUT2D eigenvalue weighted by Crippen LogP contribution is 2.22. The summed E-state index contributed by atoms with van der Waals surface area (Å²) in [6, 6.07) is 3.67. The predicted octanol–water partition coefficient (Wildman–Crippen LogP) is 2.77. The molecule has 1 atom stereocenters. The van der Waals surface area contributed by atoms with Crippen molar-refractivity contribution in [2.45, 2.75) is 26.8 Å². The monoisotopic (exact) mass is 290 g/mol. The average Bonchev–Trinajstić information content (AvgIpc) is 2.86. The molecule has 2 rings (SSSR count). The van der Waals surface area contributed by atoms with Gasteiger partial charge in [-0.05, 0) is 32.9 Å². The van der Waals surface area contributed by atoms with E-state index in [2.05, 4.69) is 20.6 Å². The summed E-state index contributed by atoms with van der Waals surface area (Å²) >= 11 is 1.66. The highest BCUT2D eigenvalue weighted by molar-refractivity contribution is 7.11.